The summed E-state index contributed by atoms with van der Waals surface area (Å²) in [5.74, 6) is 0.927. The van der Waals surface area contributed by atoms with Crippen LogP contribution in [0.2, 0.25) is 0 Å². The maximum Gasteiger partial charge on any atom is 0.191 e. The van der Waals surface area contributed by atoms with Crippen LogP contribution in [0.3, 0.4) is 0 Å². The highest BCUT2D eigenvalue weighted by atomic mass is 127. The first-order valence-electron chi connectivity index (χ1n) is 10.4. The Hall–Kier alpha value is -0.890. The highest BCUT2D eigenvalue weighted by Crippen LogP contribution is 2.35. The molecule has 2 heterocycles. The van der Waals surface area contributed by atoms with Gasteiger partial charge in [0.1, 0.15) is 0 Å². The van der Waals surface area contributed by atoms with Crippen molar-refractivity contribution in [2.24, 2.45) is 4.99 Å². The standard InChI is InChI=1S/C21H35N5.HI/c1-22-20(24-14-10-19-9-8-13-23-17-19)25-18-21(11-4-2-5-12-21)26-15-6-3-7-16-26;/h8-9,13,17H,2-7,10-12,14-16,18H2,1H3,(H2,22,24,25);1H. The number of halogens is 1. The van der Waals surface area contributed by atoms with Crippen molar-refractivity contribution < 1.29 is 0 Å². The van der Waals surface area contributed by atoms with Gasteiger partial charge in [0.25, 0.3) is 0 Å². The minimum atomic E-state index is 0. The molecule has 0 spiro atoms. The number of aliphatic imine (C=N–C) groups is 1. The van der Waals surface area contributed by atoms with Crippen LogP contribution in [0.5, 0.6) is 0 Å². The smallest absolute Gasteiger partial charge is 0.191 e. The lowest BCUT2D eigenvalue weighted by Crippen LogP contribution is -2.59. The first-order valence-corrected chi connectivity index (χ1v) is 10.4. The third-order valence-corrected chi connectivity index (χ3v) is 6.05. The van der Waals surface area contributed by atoms with Gasteiger partial charge in [-0.25, -0.2) is 0 Å². The molecule has 0 unspecified atom stereocenters. The largest absolute Gasteiger partial charge is 0.356 e. The lowest BCUT2D eigenvalue weighted by molar-refractivity contribution is 0.0368. The molecule has 2 N–H and O–H groups in total. The highest BCUT2D eigenvalue weighted by molar-refractivity contribution is 14.0. The van der Waals surface area contributed by atoms with Crippen molar-refractivity contribution in [1.82, 2.24) is 20.5 Å². The minimum Gasteiger partial charge on any atom is -0.356 e. The number of nitrogens with zero attached hydrogens (tertiary/aromatic N) is 3. The fraction of sp³-hybridized carbons (Fsp3) is 0.714. The summed E-state index contributed by atoms with van der Waals surface area (Å²) in [6.07, 6.45) is 15.6. The molecular weight excluding hydrogens is 449 g/mol. The molecule has 5 nitrogen and oxygen atoms in total. The number of hydrogen-bond acceptors (Lipinski definition) is 3. The fourth-order valence-electron chi connectivity index (χ4n) is 4.52. The van der Waals surface area contributed by atoms with Crippen LogP contribution in [0.25, 0.3) is 0 Å². The number of nitrogens with one attached hydrogen (secondary N) is 2. The second kappa shape index (κ2) is 11.8. The van der Waals surface area contributed by atoms with Crippen LogP contribution in [0.15, 0.2) is 29.5 Å². The summed E-state index contributed by atoms with van der Waals surface area (Å²) in [4.78, 5) is 11.4. The predicted molar refractivity (Wildman–Crippen MR) is 124 cm³/mol. The summed E-state index contributed by atoms with van der Waals surface area (Å²) in [6.45, 7) is 4.44. The first kappa shape index (κ1) is 22.4. The van der Waals surface area contributed by atoms with Crippen LogP contribution >= 0.6 is 24.0 Å². The summed E-state index contributed by atoms with van der Waals surface area (Å²) in [6, 6.07) is 4.12. The Morgan fingerprint density at radius 2 is 1.85 bits per heavy atom. The third-order valence-electron chi connectivity index (χ3n) is 6.05. The van der Waals surface area contributed by atoms with Gasteiger partial charge in [-0.2, -0.15) is 0 Å². The fourth-order valence-corrected chi connectivity index (χ4v) is 4.52. The van der Waals surface area contributed by atoms with Gasteiger partial charge in [-0.05, 0) is 56.8 Å². The van der Waals surface area contributed by atoms with E-state index in [1.807, 2.05) is 25.5 Å². The van der Waals surface area contributed by atoms with Crippen molar-refractivity contribution in [2.45, 2.75) is 63.3 Å². The second-order valence-electron chi connectivity index (χ2n) is 7.80. The molecule has 2 fully saturated rings. The molecule has 1 aromatic rings. The molecule has 152 valence electrons. The van der Waals surface area contributed by atoms with Gasteiger partial charge in [0.15, 0.2) is 5.96 Å². The zero-order valence-corrected chi connectivity index (χ0v) is 19.1. The van der Waals surface area contributed by atoms with Gasteiger partial charge >= 0.3 is 0 Å². The molecule has 0 amide bonds. The van der Waals surface area contributed by atoms with Gasteiger partial charge in [0.2, 0.25) is 0 Å². The number of aromatic nitrogens is 1. The van der Waals surface area contributed by atoms with Crippen molar-refractivity contribution in [2.75, 3.05) is 33.2 Å². The highest BCUT2D eigenvalue weighted by Gasteiger charge is 2.38. The zero-order chi connectivity index (χ0) is 18.1. The van der Waals surface area contributed by atoms with Gasteiger partial charge in [-0.1, -0.05) is 31.7 Å². The second-order valence-corrected chi connectivity index (χ2v) is 7.80. The van der Waals surface area contributed by atoms with Gasteiger partial charge in [0.05, 0.1) is 0 Å². The SMILES string of the molecule is CN=C(NCCc1cccnc1)NCC1(N2CCCCC2)CCCCC1.I. The molecule has 0 aromatic carbocycles. The number of pyridine rings is 1. The van der Waals surface area contributed by atoms with Crippen LogP contribution in [0.1, 0.15) is 56.9 Å². The predicted octanol–water partition coefficient (Wildman–Crippen LogP) is 3.60. The molecule has 27 heavy (non-hydrogen) atoms. The van der Waals surface area contributed by atoms with E-state index in [0.717, 1.165) is 25.5 Å². The van der Waals surface area contributed by atoms with Crippen LogP contribution < -0.4 is 10.6 Å². The summed E-state index contributed by atoms with van der Waals surface area (Å²) in [5.41, 5.74) is 1.59. The third kappa shape index (κ3) is 6.59. The summed E-state index contributed by atoms with van der Waals surface area (Å²) in [5, 5.41) is 7.12. The number of piperidine rings is 1. The lowest BCUT2D eigenvalue weighted by atomic mass is 9.79. The van der Waals surface area contributed by atoms with E-state index in [9.17, 15) is 0 Å². The molecule has 1 saturated carbocycles. The van der Waals surface area contributed by atoms with Crippen molar-refractivity contribution >= 4 is 29.9 Å². The number of rotatable bonds is 6. The number of likely N-dealkylation sites (tertiary alicyclic amines) is 1. The molecule has 1 saturated heterocycles. The van der Waals surface area contributed by atoms with Crippen LogP contribution in [0, 0.1) is 0 Å². The monoisotopic (exact) mass is 485 g/mol. The van der Waals surface area contributed by atoms with Crippen LogP contribution in [-0.2, 0) is 6.42 Å². The topological polar surface area (TPSA) is 52.6 Å². The quantitative estimate of drug-likeness (QED) is 0.368. The molecule has 1 aromatic heterocycles. The molecule has 6 heteroatoms. The van der Waals surface area contributed by atoms with Crippen LogP contribution in [-0.4, -0.2) is 54.6 Å². The molecule has 0 radical (unpaired) electrons. The van der Waals surface area contributed by atoms with E-state index in [-0.39, 0.29) is 24.0 Å². The molecule has 2 aliphatic rings. The van der Waals surface area contributed by atoms with E-state index in [1.54, 1.807) is 0 Å². The Labute approximate surface area is 181 Å². The number of guanidine groups is 1. The van der Waals surface area contributed by atoms with Crippen molar-refractivity contribution in [3.63, 3.8) is 0 Å². The zero-order valence-electron chi connectivity index (χ0n) is 16.8. The molecule has 1 aliphatic carbocycles. The van der Waals surface area contributed by atoms with E-state index in [4.69, 9.17) is 0 Å². The van der Waals surface area contributed by atoms with E-state index in [1.165, 1.54) is 70.0 Å². The average Bonchev–Trinajstić information content (AvgIpc) is 2.72. The molecule has 3 rings (SSSR count). The summed E-state index contributed by atoms with van der Waals surface area (Å²) < 4.78 is 0. The van der Waals surface area contributed by atoms with Gasteiger partial charge in [0, 0.05) is 38.1 Å². The molecule has 0 bridgehead atoms. The van der Waals surface area contributed by atoms with Gasteiger partial charge in [-0.15, -0.1) is 24.0 Å². The van der Waals surface area contributed by atoms with E-state index in [2.05, 4.69) is 31.6 Å². The summed E-state index contributed by atoms with van der Waals surface area (Å²) >= 11 is 0. The van der Waals surface area contributed by atoms with Gasteiger partial charge < -0.3 is 10.6 Å². The van der Waals surface area contributed by atoms with Crippen molar-refractivity contribution in [3.8, 4) is 0 Å². The lowest BCUT2D eigenvalue weighted by Gasteiger charge is -2.48. The Morgan fingerprint density at radius 1 is 1.11 bits per heavy atom. The van der Waals surface area contributed by atoms with E-state index in [0.29, 0.717) is 5.54 Å². The Kier molecular flexibility index (Phi) is 9.82. The first-order chi connectivity index (χ1) is 12.8. The maximum atomic E-state index is 4.44. The molecular formula is C21H36IN5. The molecule has 0 atom stereocenters. The van der Waals surface area contributed by atoms with Gasteiger partial charge in [-0.3, -0.25) is 14.9 Å². The number of hydrogen-bond donors (Lipinski definition) is 2. The van der Waals surface area contributed by atoms with Crippen molar-refractivity contribution in [3.05, 3.63) is 30.1 Å². The molecule has 1 aliphatic heterocycles. The Bertz CT molecular complexity index is 551. The van der Waals surface area contributed by atoms with Crippen molar-refractivity contribution in [1.29, 1.82) is 0 Å². The average molecular weight is 485 g/mol. The van der Waals surface area contributed by atoms with Crippen LogP contribution in [0.4, 0.5) is 0 Å². The minimum absolute atomic E-state index is 0. The normalized spacial score (nSPS) is 20.6. The summed E-state index contributed by atoms with van der Waals surface area (Å²) in [7, 11) is 1.87. The maximum absolute atomic E-state index is 4.44. The van der Waals surface area contributed by atoms with E-state index < -0.39 is 0 Å². The van der Waals surface area contributed by atoms with E-state index >= 15 is 0 Å². The Balaban J connectivity index is 0.00000261. The Morgan fingerprint density at radius 3 is 2.52 bits per heavy atom.